The van der Waals surface area contributed by atoms with Crippen LogP contribution in [-0.2, 0) is 11.3 Å². The van der Waals surface area contributed by atoms with E-state index in [1.165, 1.54) is 10.6 Å². The lowest BCUT2D eigenvalue weighted by atomic mass is 10.2. The second-order valence-electron chi connectivity index (χ2n) is 5.08. The summed E-state index contributed by atoms with van der Waals surface area (Å²) in [5.41, 5.74) is -0.183. The van der Waals surface area contributed by atoms with Crippen LogP contribution in [0.25, 0.3) is 0 Å². The van der Waals surface area contributed by atoms with Crippen molar-refractivity contribution in [2.45, 2.75) is 32.4 Å². The van der Waals surface area contributed by atoms with E-state index in [4.69, 9.17) is 4.52 Å². The quantitative estimate of drug-likeness (QED) is 0.838. The van der Waals surface area contributed by atoms with E-state index in [9.17, 15) is 9.59 Å². The number of amides is 1. The molecule has 21 heavy (non-hydrogen) atoms. The average Bonchev–Trinajstić information content (AvgIpc) is 3.09. The van der Waals surface area contributed by atoms with Gasteiger partial charge < -0.3 is 14.0 Å². The summed E-state index contributed by atoms with van der Waals surface area (Å²) in [5.74, 6) is 0.926. The lowest BCUT2D eigenvalue weighted by molar-refractivity contribution is -0.133. The normalized spacial score (nSPS) is 18.1. The standard InChI is InChI=1S/C14H16N4O3/c1-10-15-14(16-21-10)11-5-4-8-18(11)13(20)9-17-7-3-2-6-12(17)19/h2-3,6-7,11H,4-5,8-9H2,1H3/t11-/m1/s1. The van der Waals surface area contributed by atoms with E-state index >= 15 is 0 Å². The highest BCUT2D eigenvalue weighted by Gasteiger charge is 2.33. The number of hydrogen-bond acceptors (Lipinski definition) is 5. The molecule has 1 atom stereocenters. The molecule has 2 aromatic rings. The molecule has 1 aliphatic heterocycles. The molecule has 1 saturated heterocycles. The minimum Gasteiger partial charge on any atom is -0.340 e. The van der Waals surface area contributed by atoms with E-state index in [1.807, 2.05) is 0 Å². The SMILES string of the molecule is Cc1nc([C@H]2CCCN2C(=O)Cn2ccccc2=O)no1. The minimum absolute atomic E-state index is 0.0347. The zero-order chi connectivity index (χ0) is 14.8. The lowest BCUT2D eigenvalue weighted by Crippen LogP contribution is -2.36. The van der Waals surface area contributed by atoms with Crippen LogP contribution in [0.1, 0.15) is 30.6 Å². The highest BCUT2D eigenvalue weighted by Crippen LogP contribution is 2.30. The summed E-state index contributed by atoms with van der Waals surface area (Å²) in [6, 6.07) is 4.68. The van der Waals surface area contributed by atoms with Crippen molar-refractivity contribution in [3.05, 3.63) is 46.5 Å². The Morgan fingerprint density at radius 3 is 3.05 bits per heavy atom. The summed E-state index contributed by atoms with van der Waals surface area (Å²) < 4.78 is 6.39. The molecule has 3 rings (SSSR count). The molecule has 7 heteroatoms. The van der Waals surface area contributed by atoms with Crippen molar-refractivity contribution < 1.29 is 9.32 Å². The highest BCUT2D eigenvalue weighted by molar-refractivity contribution is 5.76. The van der Waals surface area contributed by atoms with Gasteiger partial charge in [-0.05, 0) is 18.9 Å². The van der Waals surface area contributed by atoms with Crippen molar-refractivity contribution in [2.75, 3.05) is 6.54 Å². The molecular weight excluding hydrogens is 272 g/mol. The van der Waals surface area contributed by atoms with Gasteiger partial charge in [0, 0.05) is 25.7 Å². The second-order valence-corrected chi connectivity index (χ2v) is 5.08. The van der Waals surface area contributed by atoms with E-state index in [0.717, 1.165) is 12.8 Å². The smallest absolute Gasteiger partial charge is 0.250 e. The second kappa shape index (κ2) is 5.51. The van der Waals surface area contributed by atoms with Gasteiger partial charge in [0.25, 0.3) is 5.56 Å². The van der Waals surface area contributed by atoms with Crippen molar-refractivity contribution in [1.82, 2.24) is 19.6 Å². The molecule has 7 nitrogen and oxygen atoms in total. The van der Waals surface area contributed by atoms with Gasteiger partial charge in [-0.1, -0.05) is 11.2 Å². The van der Waals surface area contributed by atoms with Gasteiger partial charge in [-0.3, -0.25) is 9.59 Å². The molecule has 110 valence electrons. The maximum absolute atomic E-state index is 12.4. The van der Waals surface area contributed by atoms with Crippen molar-refractivity contribution in [3.63, 3.8) is 0 Å². The van der Waals surface area contributed by atoms with Crippen LogP contribution >= 0.6 is 0 Å². The van der Waals surface area contributed by atoms with Gasteiger partial charge >= 0.3 is 0 Å². The first-order valence-electron chi connectivity index (χ1n) is 6.90. The van der Waals surface area contributed by atoms with Crippen LogP contribution in [-0.4, -0.2) is 32.1 Å². The fourth-order valence-electron chi connectivity index (χ4n) is 2.61. The number of carbonyl (C=O) groups excluding carboxylic acids is 1. The van der Waals surface area contributed by atoms with Crippen LogP contribution in [0.4, 0.5) is 0 Å². The van der Waals surface area contributed by atoms with Crippen LogP contribution in [0.5, 0.6) is 0 Å². The van der Waals surface area contributed by atoms with Gasteiger partial charge in [0.15, 0.2) is 5.82 Å². The number of pyridine rings is 1. The molecule has 0 spiro atoms. The third kappa shape index (κ3) is 2.72. The fourth-order valence-corrected chi connectivity index (χ4v) is 2.61. The third-order valence-electron chi connectivity index (χ3n) is 3.62. The minimum atomic E-state index is -0.183. The predicted molar refractivity (Wildman–Crippen MR) is 73.4 cm³/mol. The molecular formula is C14H16N4O3. The topological polar surface area (TPSA) is 81.2 Å². The monoisotopic (exact) mass is 288 g/mol. The highest BCUT2D eigenvalue weighted by atomic mass is 16.5. The molecule has 0 radical (unpaired) electrons. The first-order valence-corrected chi connectivity index (χ1v) is 6.90. The number of carbonyl (C=O) groups is 1. The number of hydrogen-bond donors (Lipinski definition) is 0. The van der Waals surface area contributed by atoms with Crippen molar-refractivity contribution >= 4 is 5.91 Å². The van der Waals surface area contributed by atoms with E-state index in [-0.39, 0.29) is 24.1 Å². The molecule has 2 aromatic heterocycles. The van der Waals surface area contributed by atoms with Crippen molar-refractivity contribution in [1.29, 1.82) is 0 Å². The summed E-state index contributed by atoms with van der Waals surface area (Å²) in [6.45, 7) is 2.41. The van der Waals surface area contributed by atoms with E-state index in [0.29, 0.717) is 18.3 Å². The Hall–Kier alpha value is -2.44. The summed E-state index contributed by atoms with van der Waals surface area (Å²) in [4.78, 5) is 30.1. The number of rotatable bonds is 3. The predicted octanol–water partition coefficient (Wildman–Crippen LogP) is 0.903. The van der Waals surface area contributed by atoms with Gasteiger partial charge in [-0.25, -0.2) is 0 Å². The molecule has 0 saturated carbocycles. The molecule has 3 heterocycles. The molecule has 0 aliphatic carbocycles. The number of likely N-dealkylation sites (tertiary alicyclic amines) is 1. The van der Waals surface area contributed by atoms with Crippen LogP contribution in [0.2, 0.25) is 0 Å². The van der Waals surface area contributed by atoms with Crippen LogP contribution in [0.15, 0.2) is 33.7 Å². The van der Waals surface area contributed by atoms with E-state index in [1.54, 1.807) is 30.2 Å². The maximum atomic E-state index is 12.4. The summed E-state index contributed by atoms with van der Waals surface area (Å²) in [6.07, 6.45) is 3.33. The number of aromatic nitrogens is 3. The third-order valence-corrected chi connectivity index (χ3v) is 3.62. The number of aryl methyl sites for hydroxylation is 1. The zero-order valence-corrected chi connectivity index (χ0v) is 11.7. The summed E-state index contributed by atoms with van der Waals surface area (Å²) >= 11 is 0. The van der Waals surface area contributed by atoms with Crippen molar-refractivity contribution in [3.8, 4) is 0 Å². The maximum Gasteiger partial charge on any atom is 0.250 e. The first kappa shape index (κ1) is 13.5. The van der Waals surface area contributed by atoms with Gasteiger partial charge in [0.2, 0.25) is 11.8 Å². The van der Waals surface area contributed by atoms with E-state index < -0.39 is 0 Å². The Bertz CT molecular complexity index is 706. The van der Waals surface area contributed by atoms with Gasteiger partial charge in [-0.15, -0.1) is 0 Å². The average molecular weight is 288 g/mol. The molecule has 0 unspecified atom stereocenters. The van der Waals surface area contributed by atoms with Crippen molar-refractivity contribution in [2.24, 2.45) is 0 Å². The lowest BCUT2D eigenvalue weighted by Gasteiger charge is -2.22. The summed E-state index contributed by atoms with van der Waals surface area (Å²) in [7, 11) is 0. The molecule has 0 aromatic carbocycles. The summed E-state index contributed by atoms with van der Waals surface area (Å²) in [5, 5.41) is 3.91. The molecule has 0 N–H and O–H groups in total. The van der Waals surface area contributed by atoms with Crippen LogP contribution in [0, 0.1) is 6.92 Å². The Balaban J connectivity index is 1.77. The Morgan fingerprint density at radius 1 is 1.48 bits per heavy atom. The van der Waals surface area contributed by atoms with Crippen LogP contribution < -0.4 is 5.56 Å². The fraction of sp³-hybridized carbons (Fsp3) is 0.429. The Morgan fingerprint density at radius 2 is 2.33 bits per heavy atom. The zero-order valence-electron chi connectivity index (χ0n) is 11.7. The molecule has 0 bridgehead atoms. The van der Waals surface area contributed by atoms with E-state index in [2.05, 4.69) is 10.1 Å². The van der Waals surface area contributed by atoms with Crippen LogP contribution in [0.3, 0.4) is 0 Å². The van der Waals surface area contributed by atoms with Gasteiger partial charge in [0.05, 0.1) is 6.04 Å². The Labute approximate surface area is 121 Å². The first-order chi connectivity index (χ1) is 10.1. The molecule has 1 amide bonds. The largest absolute Gasteiger partial charge is 0.340 e. The van der Waals surface area contributed by atoms with Gasteiger partial charge in [-0.2, -0.15) is 4.98 Å². The molecule has 1 aliphatic rings. The Kier molecular flexibility index (Phi) is 3.55. The number of nitrogens with zero attached hydrogens (tertiary/aromatic N) is 4. The molecule has 1 fully saturated rings. The van der Waals surface area contributed by atoms with Gasteiger partial charge in [0.1, 0.15) is 6.54 Å².